The van der Waals surface area contributed by atoms with Gasteiger partial charge in [0, 0.05) is 24.1 Å². The van der Waals surface area contributed by atoms with Gasteiger partial charge >= 0.3 is 5.69 Å². The van der Waals surface area contributed by atoms with Crippen molar-refractivity contribution in [2.45, 2.75) is 12.8 Å². The number of nitrogens with one attached hydrogen (secondary N) is 1. The molecule has 0 aromatic heterocycles. The maximum Gasteiger partial charge on any atom is 0.311 e. The van der Waals surface area contributed by atoms with Crippen LogP contribution in [-0.4, -0.2) is 27.3 Å². The quantitative estimate of drug-likeness (QED) is 0.425. The number of hydrogen-bond donors (Lipinski definition) is 3. The lowest BCUT2D eigenvalue weighted by Crippen LogP contribution is -2.17. The van der Waals surface area contributed by atoms with Gasteiger partial charge in [-0.1, -0.05) is 30.3 Å². The second-order valence-corrected chi connectivity index (χ2v) is 4.94. The lowest BCUT2D eigenvalue weighted by atomic mass is 10.1. The van der Waals surface area contributed by atoms with E-state index in [9.17, 15) is 25.1 Å². The third-order valence-corrected chi connectivity index (χ3v) is 3.20. The number of phenols is 2. The van der Waals surface area contributed by atoms with E-state index in [2.05, 4.69) is 10.5 Å². The number of phenolic OH excluding ortho intramolecular Hbond substituents is 2. The normalized spacial score (nSPS) is 10.7. The van der Waals surface area contributed by atoms with Crippen molar-refractivity contribution in [3.05, 3.63) is 63.7 Å². The summed E-state index contributed by atoms with van der Waals surface area (Å²) in [5.41, 5.74) is 2.73. The molecule has 0 unspecified atom stereocenters. The number of aromatic hydroxyl groups is 2. The standard InChI is InChI=1S/C16H15N3O5/c20-14-9-15(21)13(19(23)24)8-12(14)10-17-18-16(22)7-6-11-4-2-1-3-5-11/h1-5,8-10,20-21H,6-7H2,(H,18,22)/b17-10+. The van der Waals surface area contributed by atoms with Crippen molar-refractivity contribution in [2.75, 3.05) is 0 Å². The highest BCUT2D eigenvalue weighted by molar-refractivity contribution is 5.86. The van der Waals surface area contributed by atoms with Gasteiger partial charge in [-0.3, -0.25) is 14.9 Å². The molecule has 0 bridgehead atoms. The fourth-order valence-corrected chi connectivity index (χ4v) is 1.96. The topological polar surface area (TPSA) is 125 Å². The Hall–Kier alpha value is -3.42. The zero-order chi connectivity index (χ0) is 17.5. The molecule has 8 nitrogen and oxygen atoms in total. The summed E-state index contributed by atoms with van der Waals surface area (Å²) in [6.45, 7) is 0. The molecule has 0 saturated heterocycles. The fourth-order valence-electron chi connectivity index (χ4n) is 1.96. The zero-order valence-electron chi connectivity index (χ0n) is 12.5. The maximum atomic E-state index is 11.7. The van der Waals surface area contributed by atoms with Gasteiger partial charge in [-0.05, 0) is 12.0 Å². The average Bonchev–Trinajstić information content (AvgIpc) is 2.55. The lowest BCUT2D eigenvalue weighted by Gasteiger charge is -2.02. The number of amides is 1. The molecule has 0 heterocycles. The van der Waals surface area contributed by atoms with Crippen LogP contribution in [0.4, 0.5) is 5.69 Å². The molecule has 0 aliphatic carbocycles. The number of rotatable bonds is 6. The van der Waals surface area contributed by atoms with E-state index in [1.165, 1.54) is 0 Å². The number of nitro groups is 1. The van der Waals surface area contributed by atoms with Crippen LogP contribution in [0.2, 0.25) is 0 Å². The molecule has 2 aromatic rings. The Balaban J connectivity index is 1.95. The monoisotopic (exact) mass is 329 g/mol. The van der Waals surface area contributed by atoms with E-state index in [0.717, 1.165) is 23.9 Å². The molecule has 0 spiro atoms. The third-order valence-electron chi connectivity index (χ3n) is 3.20. The Kier molecular flexibility index (Phi) is 5.45. The number of benzene rings is 2. The van der Waals surface area contributed by atoms with Crippen molar-refractivity contribution in [3.63, 3.8) is 0 Å². The molecule has 8 heteroatoms. The van der Waals surface area contributed by atoms with Gasteiger partial charge in [0.15, 0.2) is 5.75 Å². The van der Waals surface area contributed by atoms with Crippen molar-refractivity contribution >= 4 is 17.8 Å². The highest BCUT2D eigenvalue weighted by Crippen LogP contribution is 2.31. The smallest absolute Gasteiger partial charge is 0.311 e. The summed E-state index contributed by atoms with van der Waals surface area (Å²) in [4.78, 5) is 21.6. The van der Waals surface area contributed by atoms with Crippen molar-refractivity contribution in [2.24, 2.45) is 5.10 Å². The number of carbonyl (C=O) groups excluding carboxylic acids is 1. The van der Waals surface area contributed by atoms with Crippen LogP contribution in [-0.2, 0) is 11.2 Å². The molecule has 2 aromatic carbocycles. The van der Waals surface area contributed by atoms with E-state index >= 15 is 0 Å². The number of hydrazone groups is 1. The number of hydrogen-bond acceptors (Lipinski definition) is 6. The van der Waals surface area contributed by atoms with Gasteiger partial charge in [-0.2, -0.15) is 5.10 Å². The lowest BCUT2D eigenvalue weighted by molar-refractivity contribution is -0.385. The molecule has 24 heavy (non-hydrogen) atoms. The molecule has 2 rings (SSSR count). The van der Waals surface area contributed by atoms with Crippen LogP contribution in [0.1, 0.15) is 17.5 Å². The predicted molar refractivity (Wildman–Crippen MR) is 86.9 cm³/mol. The van der Waals surface area contributed by atoms with Crippen LogP contribution >= 0.6 is 0 Å². The predicted octanol–water partition coefficient (Wildman–Crippen LogP) is 2.09. The molecule has 0 aliphatic rings. The Morgan fingerprint density at radius 1 is 1.21 bits per heavy atom. The van der Waals surface area contributed by atoms with E-state index in [4.69, 9.17) is 0 Å². The molecule has 1 amide bonds. The van der Waals surface area contributed by atoms with E-state index in [1.54, 1.807) is 0 Å². The van der Waals surface area contributed by atoms with Crippen LogP contribution in [0.5, 0.6) is 11.5 Å². The van der Waals surface area contributed by atoms with Gasteiger partial charge in [-0.25, -0.2) is 5.43 Å². The first kappa shape index (κ1) is 16.9. The van der Waals surface area contributed by atoms with Crippen molar-refractivity contribution < 1.29 is 19.9 Å². The molecule has 3 N–H and O–H groups in total. The van der Waals surface area contributed by atoms with Gasteiger partial charge in [0.1, 0.15) is 5.75 Å². The molecule has 124 valence electrons. The van der Waals surface area contributed by atoms with Crippen LogP contribution in [0.3, 0.4) is 0 Å². The third kappa shape index (κ3) is 4.54. The van der Waals surface area contributed by atoms with Gasteiger partial charge < -0.3 is 10.2 Å². The first-order valence-corrected chi connectivity index (χ1v) is 7.03. The van der Waals surface area contributed by atoms with Gasteiger partial charge in [0.25, 0.3) is 0 Å². The van der Waals surface area contributed by atoms with E-state index in [1.807, 2.05) is 30.3 Å². The molecule has 0 atom stereocenters. The van der Waals surface area contributed by atoms with Gasteiger partial charge in [0.2, 0.25) is 5.91 Å². The van der Waals surface area contributed by atoms with Gasteiger partial charge in [0.05, 0.1) is 11.1 Å². The summed E-state index contributed by atoms with van der Waals surface area (Å²) < 4.78 is 0. The minimum Gasteiger partial charge on any atom is -0.507 e. The summed E-state index contributed by atoms with van der Waals surface area (Å²) in [6, 6.07) is 11.3. The van der Waals surface area contributed by atoms with Crippen LogP contribution in [0.25, 0.3) is 0 Å². The molecule has 0 aliphatic heterocycles. The van der Waals surface area contributed by atoms with E-state index in [0.29, 0.717) is 6.42 Å². The van der Waals surface area contributed by atoms with Crippen LogP contribution < -0.4 is 5.43 Å². The van der Waals surface area contributed by atoms with Crippen LogP contribution in [0, 0.1) is 10.1 Å². The summed E-state index contributed by atoms with van der Waals surface area (Å²) in [5, 5.41) is 33.4. The highest BCUT2D eigenvalue weighted by Gasteiger charge is 2.16. The zero-order valence-corrected chi connectivity index (χ0v) is 12.5. The van der Waals surface area contributed by atoms with Crippen molar-refractivity contribution in [1.82, 2.24) is 5.43 Å². The van der Waals surface area contributed by atoms with Crippen molar-refractivity contribution in [3.8, 4) is 11.5 Å². The maximum absolute atomic E-state index is 11.7. The summed E-state index contributed by atoms with van der Waals surface area (Å²) in [5.74, 6) is -1.37. The Morgan fingerprint density at radius 3 is 2.58 bits per heavy atom. The summed E-state index contributed by atoms with van der Waals surface area (Å²) in [6.07, 6.45) is 1.85. The van der Waals surface area contributed by atoms with Gasteiger partial charge in [-0.15, -0.1) is 0 Å². The minimum absolute atomic E-state index is 0.00265. The molecular formula is C16H15N3O5. The first-order valence-electron chi connectivity index (χ1n) is 7.03. The highest BCUT2D eigenvalue weighted by atomic mass is 16.6. The molecule has 0 saturated carbocycles. The second-order valence-electron chi connectivity index (χ2n) is 4.94. The Morgan fingerprint density at radius 2 is 1.92 bits per heavy atom. The minimum atomic E-state index is -0.787. The van der Waals surface area contributed by atoms with E-state index in [-0.39, 0.29) is 23.6 Å². The number of nitro benzene ring substituents is 1. The van der Waals surface area contributed by atoms with E-state index < -0.39 is 16.4 Å². The molecule has 0 radical (unpaired) electrons. The number of carbonyl (C=O) groups is 1. The number of aryl methyl sites for hydroxylation is 1. The van der Waals surface area contributed by atoms with Crippen molar-refractivity contribution in [1.29, 1.82) is 0 Å². The fraction of sp³-hybridized carbons (Fsp3) is 0.125. The summed E-state index contributed by atoms with van der Waals surface area (Å²) in [7, 11) is 0. The first-order chi connectivity index (χ1) is 11.5. The SMILES string of the molecule is O=C(CCc1ccccc1)N/N=C/c1cc([N+](=O)[O-])c(O)cc1O. The largest absolute Gasteiger partial charge is 0.507 e. The average molecular weight is 329 g/mol. The van der Waals surface area contributed by atoms with Crippen LogP contribution in [0.15, 0.2) is 47.6 Å². The summed E-state index contributed by atoms with van der Waals surface area (Å²) >= 11 is 0. The second kappa shape index (κ2) is 7.73. The molecular weight excluding hydrogens is 314 g/mol. The number of nitrogens with zero attached hydrogens (tertiary/aromatic N) is 2. The Labute approximate surface area is 137 Å². The molecule has 0 fully saturated rings. The Bertz CT molecular complexity index is 775.